The van der Waals surface area contributed by atoms with Gasteiger partial charge in [-0.2, -0.15) is 5.10 Å². The first-order valence-electron chi connectivity index (χ1n) is 7.39. The van der Waals surface area contributed by atoms with Crippen LogP contribution in [0.1, 0.15) is 5.56 Å². The summed E-state index contributed by atoms with van der Waals surface area (Å²) in [5.74, 6) is 0.0583. The molecule has 132 valence electrons. The van der Waals surface area contributed by atoms with Gasteiger partial charge < -0.3 is 4.74 Å². The lowest BCUT2D eigenvalue weighted by atomic mass is 10.2. The first-order valence-corrected chi connectivity index (χ1v) is 9.24. The molecule has 0 bridgehead atoms. The molecule has 1 N–H and O–H groups in total. The van der Waals surface area contributed by atoms with Gasteiger partial charge in [0.05, 0.1) is 25.3 Å². The number of rotatable bonds is 7. The number of methoxy groups -OCH3 is 1. The summed E-state index contributed by atoms with van der Waals surface area (Å²) in [5, 5.41) is 3.85. The van der Waals surface area contributed by atoms with Crippen LogP contribution in [-0.4, -0.2) is 40.4 Å². The monoisotopic (exact) mass is 361 g/mol. The normalized spacial score (nSPS) is 11.3. The van der Waals surface area contributed by atoms with Crippen molar-refractivity contribution in [3.05, 3.63) is 60.2 Å². The predicted molar refractivity (Wildman–Crippen MR) is 97.4 cm³/mol. The van der Waals surface area contributed by atoms with Crippen molar-refractivity contribution < 1.29 is 17.9 Å². The lowest BCUT2D eigenvalue weighted by Crippen LogP contribution is -2.38. The molecular formula is C17H19N3O4S. The summed E-state index contributed by atoms with van der Waals surface area (Å²) < 4.78 is 30.1. The number of para-hydroxylation sites is 2. The van der Waals surface area contributed by atoms with Gasteiger partial charge in [0.25, 0.3) is 5.91 Å². The fraction of sp³-hybridized carbons (Fsp3) is 0.176. The number of hydrogen-bond acceptors (Lipinski definition) is 5. The molecule has 25 heavy (non-hydrogen) atoms. The first kappa shape index (κ1) is 18.5. The maximum atomic E-state index is 12.1. The molecule has 0 unspecified atom stereocenters. The van der Waals surface area contributed by atoms with Crippen molar-refractivity contribution in [3.8, 4) is 5.75 Å². The summed E-state index contributed by atoms with van der Waals surface area (Å²) in [4.78, 5) is 12.1. The third-order valence-electron chi connectivity index (χ3n) is 3.26. The highest BCUT2D eigenvalue weighted by Gasteiger charge is 2.20. The molecule has 0 atom stereocenters. The van der Waals surface area contributed by atoms with E-state index in [0.717, 1.165) is 10.6 Å². The van der Waals surface area contributed by atoms with Crippen LogP contribution in [-0.2, 0) is 14.8 Å². The third-order valence-corrected chi connectivity index (χ3v) is 4.40. The average Bonchev–Trinajstić information content (AvgIpc) is 2.60. The van der Waals surface area contributed by atoms with Gasteiger partial charge >= 0.3 is 0 Å². The zero-order chi connectivity index (χ0) is 18.3. The molecule has 0 aliphatic rings. The van der Waals surface area contributed by atoms with Crippen molar-refractivity contribution in [2.45, 2.75) is 0 Å². The van der Waals surface area contributed by atoms with E-state index in [-0.39, 0.29) is 6.54 Å². The molecule has 0 fully saturated rings. The van der Waals surface area contributed by atoms with E-state index in [9.17, 15) is 13.2 Å². The second kappa shape index (κ2) is 8.29. The molecule has 0 aromatic heterocycles. The van der Waals surface area contributed by atoms with Gasteiger partial charge in [0.2, 0.25) is 10.0 Å². The molecule has 0 spiro atoms. The van der Waals surface area contributed by atoms with E-state index >= 15 is 0 Å². The first-order chi connectivity index (χ1) is 11.9. The zero-order valence-corrected chi connectivity index (χ0v) is 14.7. The molecular weight excluding hydrogens is 342 g/mol. The van der Waals surface area contributed by atoms with Crippen LogP contribution in [0.25, 0.3) is 0 Å². The van der Waals surface area contributed by atoms with Gasteiger partial charge in [0.1, 0.15) is 12.3 Å². The van der Waals surface area contributed by atoms with Crippen molar-refractivity contribution in [2.24, 2.45) is 5.10 Å². The van der Waals surface area contributed by atoms with Crippen LogP contribution in [0.3, 0.4) is 0 Å². The number of benzene rings is 2. The maximum absolute atomic E-state index is 12.1. The average molecular weight is 361 g/mol. The fourth-order valence-electron chi connectivity index (χ4n) is 2.11. The molecule has 0 saturated heterocycles. The van der Waals surface area contributed by atoms with E-state index in [1.54, 1.807) is 42.5 Å². The molecule has 2 rings (SSSR count). The van der Waals surface area contributed by atoms with Gasteiger partial charge in [-0.3, -0.25) is 9.10 Å². The van der Waals surface area contributed by atoms with Crippen molar-refractivity contribution in [1.82, 2.24) is 5.43 Å². The van der Waals surface area contributed by atoms with E-state index in [2.05, 4.69) is 10.5 Å². The molecule has 0 heterocycles. The lowest BCUT2D eigenvalue weighted by Gasteiger charge is -2.21. The Morgan fingerprint density at radius 2 is 1.80 bits per heavy atom. The molecule has 2 aromatic carbocycles. The Morgan fingerprint density at radius 3 is 2.44 bits per heavy atom. The van der Waals surface area contributed by atoms with Crippen molar-refractivity contribution in [1.29, 1.82) is 0 Å². The standard InChI is InChI=1S/C17H19N3O4S/c1-24-16-11-7-6-8-14(16)12-18-19-17(21)13-20(25(2,22)23)15-9-4-3-5-10-15/h3-12H,13H2,1-2H3,(H,19,21)/b18-12-. The van der Waals surface area contributed by atoms with Gasteiger partial charge in [0.15, 0.2) is 0 Å². The highest BCUT2D eigenvalue weighted by molar-refractivity contribution is 7.92. The molecule has 7 nitrogen and oxygen atoms in total. The third kappa shape index (κ3) is 5.32. The minimum atomic E-state index is -3.60. The van der Waals surface area contributed by atoms with Crippen molar-refractivity contribution >= 4 is 27.8 Å². The van der Waals surface area contributed by atoms with Crippen LogP contribution < -0.4 is 14.5 Å². The summed E-state index contributed by atoms with van der Waals surface area (Å²) in [6, 6.07) is 15.6. The molecule has 1 amide bonds. The number of nitrogens with zero attached hydrogens (tertiary/aromatic N) is 2. The highest BCUT2D eigenvalue weighted by Crippen LogP contribution is 2.16. The van der Waals surface area contributed by atoms with E-state index in [4.69, 9.17) is 4.74 Å². The summed E-state index contributed by atoms with van der Waals surface area (Å²) in [6.45, 7) is -0.369. The SMILES string of the molecule is COc1ccccc1/C=N\NC(=O)CN(c1ccccc1)S(C)(=O)=O. The van der Waals surface area contributed by atoms with Gasteiger partial charge in [0, 0.05) is 5.56 Å². The second-order valence-corrected chi connectivity index (χ2v) is 7.05. The Hall–Kier alpha value is -2.87. The Kier molecular flexibility index (Phi) is 6.13. The van der Waals surface area contributed by atoms with E-state index in [1.165, 1.54) is 13.3 Å². The van der Waals surface area contributed by atoms with Crippen LogP contribution in [0.5, 0.6) is 5.75 Å². The number of nitrogens with one attached hydrogen (secondary N) is 1. The van der Waals surface area contributed by atoms with Crippen molar-refractivity contribution in [3.63, 3.8) is 0 Å². The number of carbonyl (C=O) groups is 1. The van der Waals surface area contributed by atoms with E-state index in [1.807, 2.05) is 12.1 Å². The number of ether oxygens (including phenoxy) is 1. The second-order valence-electron chi connectivity index (χ2n) is 5.14. The van der Waals surface area contributed by atoms with Gasteiger partial charge in [-0.05, 0) is 24.3 Å². The molecule has 0 aliphatic heterocycles. The minimum Gasteiger partial charge on any atom is -0.496 e. The summed E-state index contributed by atoms with van der Waals surface area (Å²) >= 11 is 0. The lowest BCUT2D eigenvalue weighted by molar-refractivity contribution is -0.119. The number of sulfonamides is 1. The summed E-state index contributed by atoms with van der Waals surface area (Å²) in [7, 11) is -2.06. The minimum absolute atomic E-state index is 0.369. The number of anilines is 1. The molecule has 0 radical (unpaired) electrons. The fourth-order valence-corrected chi connectivity index (χ4v) is 2.96. The maximum Gasteiger partial charge on any atom is 0.260 e. The smallest absolute Gasteiger partial charge is 0.260 e. The molecule has 8 heteroatoms. The number of amides is 1. The van der Waals surface area contributed by atoms with Crippen molar-refractivity contribution in [2.75, 3.05) is 24.2 Å². The summed E-state index contributed by atoms with van der Waals surface area (Å²) in [5.41, 5.74) is 3.42. The van der Waals surface area contributed by atoms with Gasteiger partial charge in [-0.1, -0.05) is 30.3 Å². The number of hydrogen-bond donors (Lipinski definition) is 1. The van der Waals surface area contributed by atoms with Crippen LogP contribution >= 0.6 is 0 Å². The Balaban J connectivity index is 2.06. The van der Waals surface area contributed by atoms with Gasteiger partial charge in [-0.25, -0.2) is 13.8 Å². The van der Waals surface area contributed by atoms with E-state index < -0.39 is 15.9 Å². The topological polar surface area (TPSA) is 88.1 Å². The Morgan fingerprint density at radius 1 is 1.16 bits per heavy atom. The Bertz CT molecular complexity index is 851. The Labute approximate surface area is 147 Å². The van der Waals surface area contributed by atoms with E-state index in [0.29, 0.717) is 17.0 Å². The van der Waals surface area contributed by atoms with Crippen LogP contribution in [0.2, 0.25) is 0 Å². The molecule has 0 aliphatic carbocycles. The summed E-state index contributed by atoms with van der Waals surface area (Å²) in [6.07, 6.45) is 2.48. The highest BCUT2D eigenvalue weighted by atomic mass is 32.2. The van der Waals surface area contributed by atoms with Crippen LogP contribution in [0.15, 0.2) is 59.7 Å². The predicted octanol–water partition coefficient (Wildman–Crippen LogP) is 1.61. The molecule has 2 aromatic rings. The number of carbonyl (C=O) groups excluding carboxylic acids is 1. The van der Waals surface area contributed by atoms with Crippen LogP contribution in [0, 0.1) is 0 Å². The molecule has 0 saturated carbocycles. The van der Waals surface area contributed by atoms with Crippen LogP contribution in [0.4, 0.5) is 5.69 Å². The van der Waals surface area contributed by atoms with Gasteiger partial charge in [-0.15, -0.1) is 0 Å². The largest absolute Gasteiger partial charge is 0.496 e. The number of hydrazone groups is 1. The quantitative estimate of drug-likeness (QED) is 0.599. The zero-order valence-electron chi connectivity index (χ0n) is 13.9.